The molecule has 1 aliphatic carbocycles. The molecule has 1 aliphatic heterocycles. The summed E-state index contributed by atoms with van der Waals surface area (Å²) in [5.41, 5.74) is 3.24. The average Bonchev–Trinajstić information content (AvgIpc) is 3.40. The standard InChI is InChI=1S/C24H20FNO3/c1-15-3-2-4-16(11-15)19-13-18(6-7-20(19)25)26-23(27)24(9-10-24)17-5-8-21-22(12-17)29-14-28-21/h2-8,11-13H,9-10,14H2,1H3,(H,26,27). The van der Waals surface area contributed by atoms with Gasteiger partial charge in [-0.3, -0.25) is 4.79 Å². The summed E-state index contributed by atoms with van der Waals surface area (Å²) in [5.74, 6) is 0.972. The first-order valence-corrected chi connectivity index (χ1v) is 9.63. The minimum absolute atomic E-state index is 0.0850. The fraction of sp³-hybridized carbons (Fsp3) is 0.208. The van der Waals surface area contributed by atoms with E-state index >= 15 is 0 Å². The summed E-state index contributed by atoms with van der Waals surface area (Å²) in [7, 11) is 0. The SMILES string of the molecule is Cc1cccc(-c2cc(NC(=O)C3(c4ccc5c(c4)OCO5)CC3)ccc2F)c1. The molecule has 1 saturated carbocycles. The van der Waals surface area contributed by atoms with Crippen LogP contribution >= 0.6 is 0 Å². The van der Waals surface area contributed by atoms with Crippen molar-refractivity contribution in [1.29, 1.82) is 0 Å². The van der Waals surface area contributed by atoms with Crippen molar-refractivity contribution in [3.63, 3.8) is 0 Å². The maximum absolute atomic E-state index is 14.4. The lowest BCUT2D eigenvalue weighted by atomic mass is 9.94. The van der Waals surface area contributed by atoms with Crippen LogP contribution in [0.25, 0.3) is 11.1 Å². The van der Waals surface area contributed by atoms with Crippen LogP contribution in [0.3, 0.4) is 0 Å². The predicted octanol–water partition coefficient (Wildman–Crippen LogP) is 5.20. The minimum Gasteiger partial charge on any atom is -0.454 e. The topological polar surface area (TPSA) is 47.6 Å². The molecule has 2 aliphatic rings. The number of aryl methyl sites for hydroxylation is 1. The minimum atomic E-state index is -0.571. The summed E-state index contributed by atoms with van der Waals surface area (Å²) in [6.45, 7) is 2.17. The number of carbonyl (C=O) groups is 1. The van der Waals surface area contributed by atoms with Crippen LogP contribution in [0.5, 0.6) is 11.5 Å². The Morgan fingerprint density at radius 3 is 2.62 bits per heavy atom. The van der Waals surface area contributed by atoms with Gasteiger partial charge in [-0.05, 0) is 61.2 Å². The van der Waals surface area contributed by atoms with E-state index in [0.717, 1.165) is 29.5 Å². The van der Waals surface area contributed by atoms with E-state index in [1.165, 1.54) is 6.07 Å². The molecule has 146 valence electrons. The molecule has 1 amide bonds. The average molecular weight is 389 g/mol. The first-order chi connectivity index (χ1) is 14.0. The summed E-state index contributed by atoms with van der Waals surface area (Å²) in [6, 6.07) is 18.0. The molecule has 1 fully saturated rings. The van der Waals surface area contributed by atoms with Gasteiger partial charge in [0, 0.05) is 11.3 Å². The van der Waals surface area contributed by atoms with Crippen molar-refractivity contribution in [3.8, 4) is 22.6 Å². The number of fused-ring (bicyclic) bond motifs is 1. The van der Waals surface area contributed by atoms with E-state index in [9.17, 15) is 9.18 Å². The molecule has 0 unspecified atom stereocenters. The molecule has 29 heavy (non-hydrogen) atoms. The largest absolute Gasteiger partial charge is 0.454 e. The second kappa shape index (κ2) is 6.62. The fourth-order valence-electron chi connectivity index (χ4n) is 3.85. The molecule has 5 rings (SSSR count). The first-order valence-electron chi connectivity index (χ1n) is 9.63. The quantitative estimate of drug-likeness (QED) is 0.667. The van der Waals surface area contributed by atoms with Crippen LogP contribution in [-0.4, -0.2) is 12.7 Å². The van der Waals surface area contributed by atoms with Crippen LogP contribution in [0.2, 0.25) is 0 Å². The molecule has 3 aromatic rings. The highest BCUT2D eigenvalue weighted by atomic mass is 19.1. The van der Waals surface area contributed by atoms with Crippen LogP contribution in [0, 0.1) is 12.7 Å². The zero-order valence-electron chi connectivity index (χ0n) is 16.0. The summed E-state index contributed by atoms with van der Waals surface area (Å²) in [6.07, 6.45) is 1.54. The number of ether oxygens (including phenoxy) is 2. The first kappa shape index (κ1) is 17.7. The third-order valence-corrected chi connectivity index (χ3v) is 5.66. The molecule has 0 atom stereocenters. The van der Waals surface area contributed by atoms with E-state index in [1.54, 1.807) is 12.1 Å². The van der Waals surface area contributed by atoms with Crippen LogP contribution < -0.4 is 14.8 Å². The van der Waals surface area contributed by atoms with Crippen LogP contribution in [0.4, 0.5) is 10.1 Å². The van der Waals surface area contributed by atoms with Gasteiger partial charge in [0.25, 0.3) is 0 Å². The van der Waals surface area contributed by atoms with Gasteiger partial charge in [0.05, 0.1) is 5.41 Å². The van der Waals surface area contributed by atoms with E-state index in [4.69, 9.17) is 9.47 Å². The van der Waals surface area contributed by atoms with E-state index in [0.29, 0.717) is 22.7 Å². The second-order valence-electron chi connectivity index (χ2n) is 7.67. The van der Waals surface area contributed by atoms with E-state index in [-0.39, 0.29) is 18.5 Å². The third-order valence-electron chi connectivity index (χ3n) is 5.66. The number of rotatable bonds is 4. The van der Waals surface area contributed by atoms with E-state index < -0.39 is 5.41 Å². The summed E-state index contributed by atoms with van der Waals surface area (Å²) in [4.78, 5) is 13.1. The molecule has 0 radical (unpaired) electrons. The maximum atomic E-state index is 14.4. The van der Waals surface area contributed by atoms with Crippen molar-refractivity contribution in [2.75, 3.05) is 12.1 Å². The van der Waals surface area contributed by atoms with Gasteiger partial charge in [-0.15, -0.1) is 0 Å². The molecule has 0 aromatic heterocycles. The Morgan fingerprint density at radius 2 is 1.83 bits per heavy atom. The number of hydrogen-bond donors (Lipinski definition) is 1. The zero-order chi connectivity index (χ0) is 20.0. The van der Waals surface area contributed by atoms with Gasteiger partial charge in [-0.25, -0.2) is 4.39 Å². The summed E-state index contributed by atoms with van der Waals surface area (Å²) in [5, 5.41) is 2.99. The maximum Gasteiger partial charge on any atom is 0.235 e. The van der Waals surface area contributed by atoms with Gasteiger partial charge in [0.1, 0.15) is 5.82 Å². The van der Waals surface area contributed by atoms with Gasteiger partial charge < -0.3 is 14.8 Å². The van der Waals surface area contributed by atoms with Crippen molar-refractivity contribution in [2.24, 2.45) is 0 Å². The summed E-state index contributed by atoms with van der Waals surface area (Å²) >= 11 is 0. The number of halogens is 1. The highest BCUT2D eigenvalue weighted by Gasteiger charge is 2.51. The second-order valence-corrected chi connectivity index (χ2v) is 7.67. The van der Waals surface area contributed by atoms with Gasteiger partial charge in [0.15, 0.2) is 11.5 Å². The Balaban J connectivity index is 1.42. The number of nitrogens with one attached hydrogen (secondary N) is 1. The Kier molecular flexibility index (Phi) is 4.05. The van der Waals surface area contributed by atoms with Crippen molar-refractivity contribution in [2.45, 2.75) is 25.2 Å². The number of carbonyl (C=O) groups excluding carboxylic acids is 1. The van der Waals surface area contributed by atoms with Crippen molar-refractivity contribution < 1.29 is 18.7 Å². The van der Waals surface area contributed by atoms with Crippen LogP contribution in [0.15, 0.2) is 60.7 Å². The van der Waals surface area contributed by atoms with Gasteiger partial charge in [-0.2, -0.15) is 0 Å². The third kappa shape index (κ3) is 3.12. The Bertz CT molecular complexity index is 1120. The molecule has 1 N–H and O–H groups in total. The fourth-order valence-corrected chi connectivity index (χ4v) is 3.85. The number of benzene rings is 3. The van der Waals surface area contributed by atoms with Crippen molar-refractivity contribution in [3.05, 3.63) is 77.6 Å². The highest BCUT2D eigenvalue weighted by Crippen LogP contribution is 2.51. The Morgan fingerprint density at radius 1 is 1.00 bits per heavy atom. The van der Waals surface area contributed by atoms with E-state index in [1.807, 2.05) is 49.4 Å². The van der Waals surface area contributed by atoms with Crippen LogP contribution in [-0.2, 0) is 10.2 Å². The zero-order valence-corrected chi connectivity index (χ0v) is 16.0. The van der Waals surface area contributed by atoms with Crippen LogP contribution in [0.1, 0.15) is 24.0 Å². The number of amides is 1. The molecular formula is C24H20FNO3. The normalized spacial score (nSPS) is 15.8. The lowest BCUT2D eigenvalue weighted by Crippen LogP contribution is -2.27. The predicted molar refractivity (Wildman–Crippen MR) is 109 cm³/mol. The smallest absolute Gasteiger partial charge is 0.235 e. The highest BCUT2D eigenvalue weighted by molar-refractivity contribution is 6.01. The molecule has 5 heteroatoms. The van der Waals surface area contributed by atoms with E-state index in [2.05, 4.69) is 5.32 Å². The van der Waals surface area contributed by atoms with Gasteiger partial charge in [-0.1, -0.05) is 35.9 Å². The number of anilines is 1. The Hall–Kier alpha value is -3.34. The van der Waals surface area contributed by atoms with Gasteiger partial charge in [0.2, 0.25) is 12.7 Å². The lowest BCUT2D eigenvalue weighted by molar-refractivity contribution is -0.118. The van der Waals surface area contributed by atoms with Crippen molar-refractivity contribution >= 4 is 11.6 Å². The molecular weight excluding hydrogens is 369 g/mol. The monoisotopic (exact) mass is 389 g/mol. The molecule has 0 bridgehead atoms. The molecule has 0 saturated heterocycles. The number of hydrogen-bond acceptors (Lipinski definition) is 3. The van der Waals surface area contributed by atoms with Gasteiger partial charge >= 0.3 is 0 Å². The molecule has 1 heterocycles. The summed E-state index contributed by atoms with van der Waals surface area (Å²) < 4.78 is 25.2. The molecule has 3 aromatic carbocycles. The van der Waals surface area contributed by atoms with Crippen molar-refractivity contribution in [1.82, 2.24) is 0 Å². The molecule has 0 spiro atoms. The Labute approximate surface area is 168 Å². The lowest BCUT2D eigenvalue weighted by Gasteiger charge is -2.17. The molecule has 4 nitrogen and oxygen atoms in total.